The molecule has 0 bridgehead atoms. The van der Waals surface area contributed by atoms with E-state index in [1.807, 2.05) is 37.3 Å². The standard InChI is InChI=1S/C13H13BrO2S/c1-8-6-11(14)13(17-8)12(15)9-4-3-5-10(7-9)16-2/h3-7,12,15H,1-2H3. The molecule has 1 unspecified atom stereocenters. The lowest BCUT2D eigenvalue weighted by Crippen LogP contribution is -1.98. The lowest BCUT2D eigenvalue weighted by atomic mass is 10.1. The first-order valence-electron chi connectivity index (χ1n) is 5.19. The van der Waals surface area contributed by atoms with E-state index in [0.29, 0.717) is 0 Å². The second kappa shape index (κ2) is 5.21. The number of methoxy groups -OCH3 is 1. The third-order valence-corrected chi connectivity index (χ3v) is 4.52. The highest BCUT2D eigenvalue weighted by atomic mass is 79.9. The molecule has 0 aliphatic heterocycles. The molecule has 0 saturated carbocycles. The Morgan fingerprint density at radius 3 is 2.71 bits per heavy atom. The van der Waals surface area contributed by atoms with Gasteiger partial charge in [-0.25, -0.2) is 0 Å². The number of thiophene rings is 1. The van der Waals surface area contributed by atoms with Gasteiger partial charge < -0.3 is 9.84 Å². The highest BCUT2D eigenvalue weighted by Gasteiger charge is 2.16. The second-order valence-corrected chi connectivity index (χ2v) is 5.89. The van der Waals surface area contributed by atoms with Crippen LogP contribution in [0.2, 0.25) is 0 Å². The van der Waals surface area contributed by atoms with E-state index in [1.54, 1.807) is 18.4 Å². The van der Waals surface area contributed by atoms with E-state index in [2.05, 4.69) is 15.9 Å². The molecule has 0 amide bonds. The monoisotopic (exact) mass is 312 g/mol. The van der Waals surface area contributed by atoms with Crippen LogP contribution in [0.3, 0.4) is 0 Å². The average molecular weight is 313 g/mol. The minimum Gasteiger partial charge on any atom is -0.497 e. The molecule has 0 fully saturated rings. The van der Waals surface area contributed by atoms with Crippen molar-refractivity contribution in [3.8, 4) is 5.75 Å². The van der Waals surface area contributed by atoms with Gasteiger partial charge in [-0.15, -0.1) is 11.3 Å². The summed E-state index contributed by atoms with van der Waals surface area (Å²) in [6.45, 7) is 2.03. The van der Waals surface area contributed by atoms with E-state index >= 15 is 0 Å². The molecule has 1 heterocycles. The average Bonchev–Trinajstić information content (AvgIpc) is 2.67. The Morgan fingerprint density at radius 1 is 1.35 bits per heavy atom. The first kappa shape index (κ1) is 12.6. The predicted molar refractivity (Wildman–Crippen MR) is 73.8 cm³/mol. The molecule has 2 aromatic rings. The van der Waals surface area contributed by atoms with Crippen LogP contribution in [0.15, 0.2) is 34.8 Å². The van der Waals surface area contributed by atoms with Crippen molar-refractivity contribution in [3.05, 3.63) is 50.1 Å². The molecule has 4 heteroatoms. The number of rotatable bonds is 3. The molecule has 2 rings (SSSR count). The summed E-state index contributed by atoms with van der Waals surface area (Å²) >= 11 is 5.06. The molecule has 0 radical (unpaired) electrons. The van der Waals surface area contributed by atoms with E-state index in [4.69, 9.17) is 4.74 Å². The van der Waals surface area contributed by atoms with Gasteiger partial charge in [-0.2, -0.15) is 0 Å². The second-order valence-electron chi connectivity index (χ2n) is 3.75. The first-order chi connectivity index (χ1) is 8.11. The summed E-state index contributed by atoms with van der Waals surface area (Å²) in [5, 5.41) is 10.3. The number of hydrogen-bond donors (Lipinski definition) is 1. The summed E-state index contributed by atoms with van der Waals surface area (Å²) in [6, 6.07) is 9.51. The van der Waals surface area contributed by atoms with Gasteiger partial charge in [0, 0.05) is 9.35 Å². The molecule has 2 nitrogen and oxygen atoms in total. The Morgan fingerprint density at radius 2 is 2.12 bits per heavy atom. The van der Waals surface area contributed by atoms with Crippen LogP contribution in [0.25, 0.3) is 0 Å². The topological polar surface area (TPSA) is 29.5 Å². The van der Waals surface area contributed by atoms with E-state index in [0.717, 1.165) is 20.7 Å². The van der Waals surface area contributed by atoms with E-state index in [1.165, 1.54) is 4.88 Å². The Kier molecular flexibility index (Phi) is 3.86. The summed E-state index contributed by atoms with van der Waals surface area (Å²) in [6.07, 6.45) is -0.613. The molecular weight excluding hydrogens is 300 g/mol. The van der Waals surface area contributed by atoms with Gasteiger partial charge >= 0.3 is 0 Å². The normalized spacial score (nSPS) is 12.5. The quantitative estimate of drug-likeness (QED) is 0.931. The van der Waals surface area contributed by atoms with Crippen molar-refractivity contribution in [2.75, 3.05) is 7.11 Å². The molecule has 1 aromatic heterocycles. The highest BCUT2D eigenvalue weighted by Crippen LogP contribution is 2.36. The fourth-order valence-corrected chi connectivity index (χ4v) is 3.53. The Bertz CT molecular complexity index is 522. The van der Waals surface area contributed by atoms with Gasteiger partial charge in [0.1, 0.15) is 11.9 Å². The van der Waals surface area contributed by atoms with E-state index < -0.39 is 6.10 Å². The number of benzene rings is 1. The number of aliphatic hydroxyl groups excluding tert-OH is 1. The minimum absolute atomic E-state index is 0.613. The van der Waals surface area contributed by atoms with Crippen LogP contribution >= 0.6 is 27.3 Å². The Hall–Kier alpha value is -0.840. The van der Waals surface area contributed by atoms with Gasteiger partial charge in [-0.05, 0) is 46.6 Å². The molecule has 90 valence electrons. The van der Waals surface area contributed by atoms with Gasteiger partial charge in [-0.1, -0.05) is 12.1 Å². The number of hydrogen-bond acceptors (Lipinski definition) is 3. The molecule has 1 aromatic carbocycles. The first-order valence-corrected chi connectivity index (χ1v) is 6.80. The molecular formula is C13H13BrO2S. The predicted octanol–water partition coefficient (Wildman–Crippen LogP) is 3.91. The maximum Gasteiger partial charge on any atom is 0.119 e. The third kappa shape index (κ3) is 2.70. The summed E-state index contributed by atoms with van der Waals surface area (Å²) in [5.74, 6) is 0.756. The minimum atomic E-state index is -0.613. The van der Waals surface area contributed by atoms with Crippen LogP contribution in [0, 0.1) is 6.92 Å². The maximum atomic E-state index is 10.3. The molecule has 1 N–H and O–H groups in total. The highest BCUT2D eigenvalue weighted by molar-refractivity contribution is 9.10. The zero-order valence-electron chi connectivity index (χ0n) is 9.61. The van der Waals surface area contributed by atoms with Crippen molar-refractivity contribution in [3.63, 3.8) is 0 Å². The summed E-state index contributed by atoms with van der Waals surface area (Å²) in [5.41, 5.74) is 0.840. The lowest BCUT2D eigenvalue weighted by molar-refractivity contribution is 0.223. The maximum absolute atomic E-state index is 10.3. The third-order valence-electron chi connectivity index (χ3n) is 2.49. The zero-order valence-corrected chi connectivity index (χ0v) is 12.0. The Labute approximate surface area is 113 Å². The van der Waals surface area contributed by atoms with Crippen molar-refractivity contribution in [2.24, 2.45) is 0 Å². The summed E-state index contributed by atoms with van der Waals surface area (Å²) < 4.78 is 6.11. The van der Waals surface area contributed by atoms with Crippen LogP contribution in [-0.4, -0.2) is 12.2 Å². The van der Waals surface area contributed by atoms with Gasteiger partial charge in [0.2, 0.25) is 0 Å². The van der Waals surface area contributed by atoms with Crippen LogP contribution in [0.4, 0.5) is 0 Å². The molecule has 1 atom stereocenters. The van der Waals surface area contributed by atoms with Crippen molar-refractivity contribution >= 4 is 27.3 Å². The van der Waals surface area contributed by atoms with Crippen molar-refractivity contribution < 1.29 is 9.84 Å². The van der Waals surface area contributed by atoms with Crippen molar-refractivity contribution in [1.82, 2.24) is 0 Å². The number of ether oxygens (including phenoxy) is 1. The van der Waals surface area contributed by atoms with Crippen molar-refractivity contribution in [1.29, 1.82) is 0 Å². The fourth-order valence-electron chi connectivity index (χ4n) is 1.65. The van der Waals surface area contributed by atoms with Gasteiger partial charge in [-0.3, -0.25) is 0 Å². The number of aryl methyl sites for hydroxylation is 1. The lowest BCUT2D eigenvalue weighted by Gasteiger charge is -2.11. The van der Waals surface area contributed by atoms with Crippen molar-refractivity contribution in [2.45, 2.75) is 13.0 Å². The zero-order chi connectivity index (χ0) is 12.4. The Balaban J connectivity index is 2.36. The molecule has 0 saturated heterocycles. The summed E-state index contributed by atoms with van der Waals surface area (Å²) in [4.78, 5) is 2.10. The largest absolute Gasteiger partial charge is 0.497 e. The van der Waals surface area contributed by atoms with Gasteiger partial charge in [0.15, 0.2) is 0 Å². The summed E-state index contributed by atoms with van der Waals surface area (Å²) in [7, 11) is 1.62. The SMILES string of the molecule is COc1cccc(C(O)c2sc(C)cc2Br)c1. The number of halogens is 1. The van der Waals surface area contributed by atoms with Crippen LogP contribution in [-0.2, 0) is 0 Å². The smallest absolute Gasteiger partial charge is 0.119 e. The van der Waals surface area contributed by atoms with Crippen LogP contribution in [0.5, 0.6) is 5.75 Å². The van der Waals surface area contributed by atoms with Gasteiger partial charge in [0.25, 0.3) is 0 Å². The fraction of sp³-hybridized carbons (Fsp3) is 0.231. The molecule has 17 heavy (non-hydrogen) atoms. The van der Waals surface area contributed by atoms with E-state index in [9.17, 15) is 5.11 Å². The van der Waals surface area contributed by atoms with E-state index in [-0.39, 0.29) is 0 Å². The van der Waals surface area contributed by atoms with Crippen LogP contribution in [0.1, 0.15) is 21.4 Å². The molecule has 0 aliphatic rings. The van der Waals surface area contributed by atoms with Crippen LogP contribution < -0.4 is 4.74 Å². The number of aliphatic hydroxyl groups is 1. The molecule has 0 spiro atoms. The van der Waals surface area contributed by atoms with Gasteiger partial charge in [0.05, 0.1) is 12.0 Å². The molecule has 0 aliphatic carbocycles.